The first-order valence-corrected chi connectivity index (χ1v) is 9.08. The van der Waals surface area contributed by atoms with Gasteiger partial charge in [0, 0.05) is 38.1 Å². The quantitative estimate of drug-likeness (QED) is 0.731. The average molecular weight is 347 g/mol. The highest BCUT2D eigenvalue weighted by molar-refractivity contribution is 5.85. The Morgan fingerprint density at radius 3 is 2.92 bits per heavy atom. The van der Waals surface area contributed by atoms with Gasteiger partial charge in [-0.25, -0.2) is 9.50 Å². The van der Waals surface area contributed by atoms with Crippen LogP contribution in [0.1, 0.15) is 24.0 Å². The number of benzene rings is 1. The third kappa shape index (κ3) is 2.57. The summed E-state index contributed by atoms with van der Waals surface area (Å²) in [6, 6.07) is 11.0. The fraction of sp³-hybridized carbons (Fsp3) is 0.350. The monoisotopic (exact) mass is 347 g/mol. The lowest BCUT2D eigenvalue weighted by atomic mass is 10.0. The fourth-order valence-electron chi connectivity index (χ4n) is 3.78. The van der Waals surface area contributed by atoms with Gasteiger partial charge in [0.15, 0.2) is 5.65 Å². The first-order chi connectivity index (χ1) is 12.8. The number of aliphatic imine (C=N–C) groups is 1. The largest absolute Gasteiger partial charge is 0.381 e. The van der Waals surface area contributed by atoms with Gasteiger partial charge in [-0.05, 0) is 42.2 Å². The highest BCUT2D eigenvalue weighted by Crippen LogP contribution is 2.26. The second kappa shape index (κ2) is 6.21. The standard InChI is InChI=1S/C20H21N5O/c1-24(17-6-8-26-9-7-17)20-5-4-19-22-13-18(25(19)23-20)14-2-3-15-11-21-12-16(15)10-14/h2-5,10-11,13,17H,6-9,12H2,1H3. The smallest absolute Gasteiger partial charge is 0.154 e. The Hall–Kier alpha value is -2.73. The molecule has 0 radical (unpaired) electrons. The molecular formula is C20H21N5O. The first-order valence-electron chi connectivity index (χ1n) is 9.08. The number of anilines is 1. The molecule has 132 valence electrons. The number of nitrogens with zero attached hydrogens (tertiary/aromatic N) is 5. The van der Waals surface area contributed by atoms with Gasteiger partial charge in [-0.3, -0.25) is 4.99 Å². The van der Waals surface area contributed by atoms with Crippen molar-refractivity contribution in [2.24, 2.45) is 4.99 Å². The second-order valence-corrected chi connectivity index (χ2v) is 6.94. The zero-order valence-corrected chi connectivity index (χ0v) is 14.8. The van der Waals surface area contributed by atoms with Crippen molar-refractivity contribution in [2.45, 2.75) is 25.4 Å². The maximum atomic E-state index is 5.48. The number of aromatic nitrogens is 3. The topological polar surface area (TPSA) is 55.0 Å². The van der Waals surface area contributed by atoms with E-state index in [4.69, 9.17) is 9.84 Å². The second-order valence-electron chi connectivity index (χ2n) is 6.94. The molecule has 4 heterocycles. The summed E-state index contributed by atoms with van der Waals surface area (Å²) in [7, 11) is 2.12. The van der Waals surface area contributed by atoms with E-state index in [1.165, 1.54) is 11.1 Å². The minimum absolute atomic E-state index is 0.470. The summed E-state index contributed by atoms with van der Waals surface area (Å²) >= 11 is 0. The van der Waals surface area contributed by atoms with Crippen LogP contribution in [0, 0.1) is 0 Å². The normalized spacial score (nSPS) is 17.0. The van der Waals surface area contributed by atoms with Crippen molar-refractivity contribution in [1.82, 2.24) is 14.6 Å². The molecule has 2 aliphatic heterocycles. The van der Waals surface area contributed by atoms with Gasteiger partial charge in [0.25, 0.3) is 0 Å². The SMILES string of the molecule is CN(c1ccc2ncc(-c3ccc4c(c3)CN=C4)n2n1)C1CCOCC1. The van der Waals surface area contributed by atoms with E-state index in [-0.39, 0.29) is 0 Å². The van der Waals surface area contributed by atoms with E-state index < -0.39 is 0 Å². The molecule has 5 rings (SSSR count). The summed E-state index contributed by atoms with van der Waals surface area (Å²) in [5.41, 5.74) is 5.46. The van der Waals surface area contributed by atoms with Gasteiger partial charge >= 0.3 is 0 Å². The van der Waals surface area contributed by atoms with Crippen LogP contribution in [-0.2, 0) is 11.3 Å². The number of rotatable bonds is 3. The molecule has 0 unspecified atom stereocenters. The van der Waals surface area contributed by atoms with Gasteiger partial charge in [0.1, 0.15) is 5.82 Å². The molecule has 0 N–H and O–H groups in total. The molecular weight excluding hydrogens is 326 g/mol. The minimum atomic E-state index is 0.470. The van der Waals surface area contributed by atoms with E-state index in [2.05, 4.69) is 46.2 Å². The number of hydrogen-bond acceptors (Lipinski definition) is 5. The molecule has 1 saturated heterocycles. The fourth-order valence-corrected chi connectivity index (χ4v) is 3.78. The number of fused-ring (bicyclic) bond motifs is 2. The van der Waals surface area contributed by atoms with Crippen molar-refractivity contribution in [3.63, 3.8) is 0 Å². The molecule has 2 aromatic heterocycles. The molecule has 0 saturated carbocycles. The van der Waals surface area contributed by atoms with Crippen molar-refractivity contribution in [3.05, 3.63) is 47.7 Å². The summed E-state index contributed by atoms with van der Waals surface area (Å²) in [6.45, 7) is 2.40. The Balaban J connectivity index is 1.53. The van der Waals surface area contributed by atoms with Crippen molar-refractivity contribution < 1.29 is 4.74 Å². The summed E-state index contributed by atoms with van der Waals surface area (Å²) < 4.78 is 7.43. The lowest BCUT2D eigenvalue weighted by Gasteiger charge is -2.31. The van der Waals surface area contributed by atoms with Crippen molar-refractivity contribution in [2.75, 3.05) is 25.2 Å². The molecule has 3 aromatic rings. The van der Waals surface area contributed by atoms with Crippen LogP contribution in [0.2, 0.25) is 0 Å². The number of hydrogen-bond donors (Lipinski definition) is 0. The van der Waals surface area contributed by atoms with Crippen LogP contribution in [0.5, 0.6) is 0 Å². The molecule has 0 atom stereocenters. The van der Waals surface area contributed by atoms with Crippen molar-refractivity contribution in [1.29, 1.82) is 0 Å². The molecule has 1 aromatic carbocycles. The third-order valence-electron chi connectivity index (χ3n) is 5.38. The van der Waals surface area contributed by atoms with E-state index in [0.717, 1.165) is 55.3 Å². The highest BCUT2D eigenvalue weighted by Gasteiger charge is 2.20. The van der Waals surface area contributed by atoms with Gasteiger partial charge < -0.3 is 9.64 Å². The van der Waals surface area contributed by atoms with Crippen LogP contribution in [0.3, 0.4) is 0 Å². The van der Waals surface area contributed by atoms with Gasteiger partial charge in [-0.1, -0.05) is 12.1 Å². The van der Waals surface area contributed by atoms with E-state index in [0.29, 0.717) is 6.04 Å². The van der Waals surface area contributed by atoms with Crippen LogP contribution >= 0.6 is 0 Å². The first kappa shape index (κ1) is 15.5. The van der Waals surface area contributed by atoms with Gasteiger partial charge in [0.2, 0.25) is 0 Å². The molecule has 0 amide bonds. The van der Waals surface area contributed by atoms with Crippen molar-refractivity contribution >= 4 is 17.7 Å². The van der Waals surface area contributed by atoms with Crippen LogP contribution in [0.15, 0.2) is 41.5 Å². The Labute approximate surface area is 152 Å². The molecule has 2 aliphatic rings. The highest BCUT2D eigenvalue weighted by atomic mass is 16.5. The van der Waals surface area contributed by atoms with Crippen LogP contribution in [-0.4, -0.2) is 47.1 Å². The maximum Gasteiger partial charge on any atom is 0.154 e. The molecule has 6 heteroatoms. The summed E-state index contributed by atoms with van der Waals surface area (Å²) in [5, 5.41) is 4.89. The lowest BCUT2D eigenvalue weighted by Crippen LogP contribution is -2.37. The maximum absolute atomic E-state index is 5.48. The van der Waals surface area contributed by atoms with Crippen LogP contribution in [0.25, 0.3) is 16.9 Å². The summed E-state index contributed by atoms with van der Waals surface area (Å²) in [4.78, 5) is 11.1. The minimum Gasteiger partial charge on any atom is -0.381 e. The predicted octanol–water partition coefficient (Wildman–Crippen LogP) is 2.94. The zero-order valence-electron chi connectivity index (χ0n) is 14.8. The number of ether oxygens (including phenoxy) is 1. The van der Waals surface area contributed by atoms with Gasteiger partial charge in [-0.2, -0.15) is 0 Å². The van der Waals surface area contributed by atoms with Crippen LogP contribution in [0.4, 0.5) is 5.82 Å². The number of imidazole rings is 1. The van der Waals surface area contributed by atoms with E-state index in [1.54, 1.807) is 0 Å². The van der Waals surface area contributed by atoms with E-state index >= 15 is 0 Å². The van der Waals surface area contributed by atoms with Crippen molar-refractivity contribution in [3.8, 4) is 11.3 Å². The molecule has 1 fully saturated rings. The lowest BCUT2D eigenvalue weighted by molar-refractivity contribution is 0.0853. The molecule has 0 bridgehead atoms. The molecule has 26 heavy (non-hydrogen) atoms. The van der Waals surface area contributed by atoms with Crippen LogP contribution < -0.4 is 4.90 Å². The third-order valence-corrected chi connectivity index (χ3v) is 5.38. The Bertz CT molecular complexity index is 987. The Morgan fingerprint density at radius 1 is 1.15 bits per heavy atom. The summed E-state index contributed by atoms with van der Waals surface area (Å²) in [6.07, 6.45) is 5.92. The summed E-state index contributed by atoms with van der Waals surface area (Å²) in [5.74, 6) is 0.966. The predicted molar refractivity (Wildman–Crippen MR) is 102 cm³/mol. The Kier molecular flexibility index (Phi) is 3.71. The zero-order chi connectivity index (χ0) is 17.5. The van der Waals surface area contributed by atoms with E-state index in [9.17, 15) is 0 Å². The average Bonchev–Trinajstić information content (AvgIpc) is 3.33. The molecule has 0 aliphatic carbocycles. The Morgan fingerprint density at radius 2 is 2.04 bits per heavy atom. The van der Waals surface area contributed by atoms with E-state index in [1.807, 2.05) is 23.0 Å². The van der Waals surface area contributed by atoms with Gasteiger partial charge in [-0.15, -0.1) is 5.10 Å². The molecule has 0 spiro atoms. The molecule has 6 nitrogen and oxygen atoms in total. The van der Waals surface area contributed by atoms with Gasteiger partial charge in [0.05, 0.1) is 18.4 Å².